The molecular weight excluding hydrogens is 293 g/mol. The molecular formula is C17H15F3O2. The van der Waals surface area contributed by atoms with Crippen molar-refractivity contribution in [3.8, 4) is 5.75 Å². The summed E-state index contributed by atoms with van der Waals surface area (Å²) in [5.74, 6) is -1.34. The summed E-state index contributed by atoms with van der Waals surface area (Å²) in [7, 11) is 0. The second-order valence-corrected chi connectivity index (χ2v) is 5.04. The molecule has 0 radical (unpaired) electrons. The predicted molar refractivity (Wildman–Crippen MR) is 77.1 cm³/mol. The number of benzene rings is 2. The van der Waals surface area contributed by atoms with E-state index >= 15 is 0 Å². The van der Waals surface area contributed by atoms with E-state index in [0.717, 1.165) is 5.56 Å². The van der Waals surface area contributed by atoms with Crippen LogP contribution in [0.25, 0.3) is 0 Å². The van der Waals surface area contributed by atoms with Crippen LogP contribution < -0.4 is 4.74 Å². The zero-order valence-electron chi connectivity index (χ0n) is 12.2. The third-order valence-electron chi connectivity index (χ3n) is 3.21. The number of alkyl halides is 3. The number of ether oxygens (including phenoxy) is 1. The van der Waals surface area contributed by atoms with Gasteiger partial charge in [0.15, 0.2) is 0 Å². The fraction of sp³-hybridized carbons (Fsp3) is 0.235. The van der Waals surface area contributed by atoms with Crippen LogP contribution in [0.4, 0.5) is 13.2 Å². The molecule has 0 amide bonds. The third-order valence-corrected chi connectivity index (χ3v) is 3.21. The highest BCUT2D eigenvalue weighted by atomic mass is 19.4. The highest BCUT2D eigenvalue weighted by Crippen LogP contribution is 2.29. The molecule has 0 spiro atoms. The molecule has 0 aliphatic carbocycles. The molecule has 0 fully saturated rings. The van der Waals surface area contributed by atoms with Crippen molar-refractivity contribution in [2.45, 2.75) is 26.6 Å². The summed E-state index contributed by atoms with van der Waals surface area (Å²) in [6, 6.07) is 11.9. The third kappa shape index (κ3) is 3.67. The van der Waals surface area contributed by atoms with Gasteiger partial charge in [-0.05, 0) is 42.7 Å². The van der Waals surface area contributed by atoms with Crippen molar-refractivity contribution in [2.24, 2.45) is 0 Å². The number of hydrogen-bond donors (Lipinski definition) is 0. The maximum absolute atomic E-state index is 12.5. The van der Waals surface area contributed by atoms with E-state index in [2.05, 4.69) is 0 Å². The van der Waals surface area contributed by atoms with Crippen molar-refractivity contribution in [3.63, 3.8) is 0 Å². The molecule has 0 bridgehead atoms. The van der Waals surface area contributed by atoms with Gasteiger partial charge in [-0.25, -0.2) is 0 Å². The molecule has 116 valence electrons. The Bertz CT molecular complexity index is 653. The molecule has 0 saturated heterocycles. The van der Waals surface area contributed by atoms with Crippen molar-refractivity contribution >= 4 is 5.78 Å². The molecule has 0 atom stereocenters. The molecule has 0 aromatic heterocycles. The molecule has 2 aromatic rings. The van der Waals surface area contributed by atoms with Crippen LogP contribution in [0.15, 0.2) is 42.5 Å². The van der Waals surface area contributed by atoms with E-state index in [1.54, 1.807) is 13.8 Å². The minimum Gasteiger partial charge on any atom is -0.488 e. The van der Waals surface area contributed by atoms with Gasteiger partial charge in [0.25, 0.3) is 5.78 Å². The lowest BCUT2D eigenvalue weighted by atomic mass is 10.0. The SMILES string of the molecule is Cc1cc(C(=O)C(F)(F)F)cc(C)c1OCc1ccccc1. The Morgan fingerprint density at radius 3 is 2.09 bits per heavy atom. The zero-order valence-corrected chi connectivity index (χ0v) is 12.2. The first-order valence-corrected chi connectivity index (χ1v) is 6.68. The average Bonchev–Trinajstić information content (AvgIpc) is 2.45. The number of carbonyl (C=O) groups is 1. The molecule has 0 aliphatic rings. The summed E-state index contributed by atoms with van der Waals surface area (Å²) in [4.78, 5) is 11.3. The summed E-state index contributed by atoms with van der Waals surface area (Å²) in [6.45, 7) is 3.57. The fourth-order valence-electron chi connectivity index (χ4n) is 2.20. The van der Waals surface area contributed by atoms with E-state index in [1.165, 1.54) is 12.1 Å². The van der Waals surface area contributed by atoms with Gasteiger partial charge in [0, 0.05) is 5.56 Å². The Balaban J connectivity index is 2.22. The van der Waals surface area contributed by atoms with Gasteiger partial charge >= 0.3 is 6.18 Å². The largest absolute Gasteiger partial charge is 0.488 e. The molecule has 0 unspecified atom stereocenters. The van der Waals surface area contributed by atoms with E-state index < -0.39 is 12.0 Å². The minimum atomic E-state index is -4.87. The lowest BCUT2D eigenvalue weighted by Gasteiger charge is -2.14. The second-order valence-electron chi connectivity index (χ2n) is 5.04. The molecule has 2 aromatic carbocycles. The van der Waals surface area contributed by atoms with Crippen molar-refractivity contribution in [2.75, 3.05) is 0 Å². The van der Waals surface area contributed by atoms with E-state index in [0.29, 0.717) is 23.5 Å². The van der Waals surface area contributed by atoms with E-state index in [9.17, 15) is 18.0 Å². The first-order chi connectivity index (χ1) is 10.3. The van der Waals surface area contributed by atoms with E-state index in [4.69, 9.17) is 4.74 Å². The molecule has 22 heavy (non-hydrogen) atoms. The summed E-state index contributed by atoms with van der Waals surface area (Å²) in [5, 5.41) is 0. The van der Waals surface area contributed by atoms with Crippen LogP contribution in [-0.4, -0.2) is 12.0 Å². The first kappa shape index (κ1) is 16.1. The van der Waals surface area contributed by atoms with Crippen LogP contribution in [0.2, 0.25) is 0 Å². The van der Waals surface area contributed by atoms with Gasteiger partial charge in [0.2, 0.25) is 0 Å². The Labute approximate surface area is 126 Å². The number of rotatable bonds is 4. The van der Waals surface area contributed by atoms with Gasteiger partial charge < -0.3 is 4.74 Å². The number of aryl methyl sites for hydroxylation is 2. The Kier molecular flexibility index (Phi) is 4.54. The number of carbonyl (C=O) groups excluding carboxylic acids is 1. The number of halogens is 3. The Morgan fingerprint density at radius 1 is 1.05 bits per heavy atom. The molecule has 2 nitrogen and oxygen atoms in total. The van der Waals surface area contributed by atoms with Gasteiger partial charge in [-0.3, -0.25) is 4.79 Å². The summed E-state index contributed by atoms with van der Waals surface area (Å²) < 4.78 is 43.1. The van der Waals surface area contributed by atoms with Crippen LogP contribution in [-0.2, 0) is 6.61 Å². The smallest absolute Gasteiger partial charge is 0.454 e. The number of hydrogen-bond acceptors (Lipinski definition) is 2. The molecule has 0 saturated carbocycles. The Morgan fingerprint density at radius 2 is 1.59 bits per heavy atom. The maximum atomic E-state index is 12.5. The number of Topliss-reactive ketones (excluding diaryl/α,β-unsaturated/α-hetero) is 1. The van der Waals surface area contributed by atoms with Gasteiger partial charge in [-0.1, -0.05) is 30.3 Å². The summed E-state index contributed by atoms with van der Waals surface area (Å²) in [6.07, 6.45) is -4.87. The lowest BCUT2D eigenvalue weighted by molar-refractivity contribution is -0.0885. The van der Waals surface area contributed by atoms with Crippen LogP contribution >= 0.6 is 0 Å². The highest BCUT2D eigenvalue weighted by molar-refractivity contribution is 6.00. The van der Waals surface area contributed by atoms with Gasteiger partial charge in [-0.2, -0.15) is 13.2 Å². The summed E-state index contributed by atoms with van der Waals surface area (Å²) >= 11 is 0. The standard InChI is InChI=1S/C17H15F3O2/c1-11-8-14(16(21)17(18,19)20)9-12(2)15(11)22-10-13-6-4-3-5-7-13/h3-9H,10H2,1-2H3. The monoisotopic (exact) mass is 308 g/mol. The average molecular weight is 308 g/mol. The Hall–Kier alpha value is -2.30. The van der Waals surface area contributed by atoms with E-state index in [-0.39, 0.29) is 5.56 Å². The quantitative estimate of drug-likeness (QED) is 0.770. The minimum absolute atomic E-state index is 0.315. The summed E-state index contributed by atoms with van der Waals surface area (Å²) in [5.41, 5.74) is 1.60. The van der Waals surface area contributed by atoms with Crippen molar-refractivity contribution in [1.82, 2.24) is 0 Å². The van der Waals surface area contributed by atoms with Gasteiger partial charge in [0.1, 0.15) is 12.4 Å². The van der Waals surface area contributed by atoms with Crippen LogP contribution in [0, 0.1) is 13.8 Å². The molecule has 0 N–H and O–H groups in total. The van der Waals surface area contributed by atoms with Crippen molar-refractivity contribution < 1.29 is 22.7 Å². The van der Waals surface area contributed by atoms with Crippen LogP contribution in [0.5, 0.6) is 5.75 Å². The molecule has 0 heterocycles. The van der Waals surface area contributed by atoms with E-state index in [1.807, 2.05) is 30.3 Å². The van der Waals surface area contributed by atoms with Crippen molar-refractivity contribution in [3.05, 3.63) is 64.7 Å². The highest BCUT2D eigenvalue weighted by Gasteiger charge is 2.39. The van der Waals surface area contributed by atoms with Crippen LogP contribution in [0.3, 0.4) is 0 Å². The topological polar surface area (TPSA) is 26.3 Å². The number of ketones is 1. The van der Waals surface area contributed by atoms with Crippen LogP contribution in [0.1, 0.15) is 27.0 Å². The normalized spacial score (nSPS) is 11.3. The van der Waals surface area contributed by atoms with Crippen molar-refractivity contribution in [1.29, 1.82) is 0 Å². The lowest BCUT2D eigenvalue weighted by Crippen LogP contribution is -2.23. The van der Waals surface area contributed by atoms with Gasteiger partial charge in [-0.15, -0.1) is 0 Å². The second kappa shape index (κ2) is 6.22. The maximum Gasteiger partial charge on any atom is 0.454 e. The zero-order chi connectivity index (χ0) is 16.3. The molecule has 5 heteroatoms. The molecule has 0 aliphatic heterocycles. The molecule has 2 rings (SSSR count). The van der Waals surface area contributed by atoms with Gasteiger partial charge in [0.05, 0.1) is 0 Å². The first-order valence-electron chi connectivity index (χ1n) is 6.68. The fourth-order valence-corrected chi connectivity index (χ4v) is 2.20. The predicted octanol–water partition coefficient (Wildman–Crippen LogP) is 4.63.